The molecule has 0 N–H and O–H groups in total. The van der Waals surface area contributed by atoms with Gasteiger partial charge in [-0.3, -0.25) is 0 Å². The van der Waals surface area contributed by atoms with Crippen LogP contribution in [0, 0.1) is 11.3 Å². The second-order valence-electron chi connectivity index (χ2n) is 4.09. The van der Waals surface area contributed by atoms with Gasteiger partial charge >= 0.3 is 0 Å². The summed E-state index contributed by atoms with van der Waals surface area (Å²) in [5.41, 5.74) is 1.81. The van der Waals surface area contributed by atoms with Gasteiger partial charge in [0.25, 0.3) is 0 Å². The Morgan fingerprint density at radius 2 is 2.19 bits per heavy atom. The van der Waals surface area contributed by atoms with Crippen molar-refractivity contribution in [1.82, 2.24) is 0 Å². The van der Waals surface area contributed by atoms with E-state index in [1.54, 1.807) is 4.90 Å². The maximum absolute atomic E-state index is 13.8. The van der Waals surface area contributed by atoms with Crippen molar-refractivity contribution < 1.29 is 4.39 Å². The van der Waals surface area contributed by atoms with Crippen molar-refractivity contribution in [2.45, 2.75) is 32.0 Å². The van der Waals surface area contributed by atoms with Crippen LogP contribution in [-0.4, -0.2) is 12.8 Å². The van der Waals surface area contributed by atoms with Gasteiger partial charge in [0.15, 0.2) is 6.30 Å². The maximum atomic E-state index is 13.8. The number of hydrogen-bond donors (Lipinski definition) is 0. The highest BCUT2D eigenvalue weighted by atomic mass is 19.1. The van der Waals surface area contributed by atoms with Gasteiger partial charge in [-0.25, -0.2) is 4.39 Å². The number of benzene rings is 1. The molecule has 84 valence electrons. The van der Waals surface area contributed by atoms with Crippen molar-refractivity contribution >= 4 is 5.69 Å². The molecular weight excluding hydrogens is 203 g/mol. The monoisotopic (exact) mass is 218 g/mol. The number of anilines is 1. The van der Waals surface area contributed by atoms with Crippen LogP contribution in [0.2, 0.25) is 0 Å². The zero-order valence-electron chi connectivity index (χ0n) is 9.19. The topological polar surface area (TPSA) is 27.0 Å². The van der Waals surface area contributed by atoms with E-state index in [2.05, 4.69) is 6.07 Å². The molecule has 3 heteroatoms. The van der Waals surface area contributed by atoms with E-state index in [4.69, 9.17) is 5.26 Å². The number of halogens is 1. The third kappa shape index (κ3) is 2.16. The molecule has 0 saturated carbocycles. The van der Waals surface area contributed by atoms with Gasteiger partial charge in [0.05, 0.1) is 12.5 Å². The third-order valence-corrected chi connectivity index (χ3v) is 3.00. The van der Waals surface area contributed by atoms with Crippen LogP contribution in [0.3, 0.4) is 0 Å². The van der Waals surface area contributed by atoms with Gasteiger partial charge in [0, 0.05) is 12.2 Å². The zero-order valence-corrected chi connectivity index (χ0v) is 9.19. The summed E-state index contributed by atoms with van der Waals surface area (Å²) >= 11 is 0. The van der Waals surface area contributed by atoms with E-state index in [-0.39, 0.29) is 0 Å². The SMILES string of the molecule is N#CCc1ccccc1N1CCCCC1F. The fourth-order valence-electron chi connectivity index (χ4n) is 2.19. The summed E-state index contributed by atoms with van der Waals surface area (Å²) in [5, 5.41) is 8.75. The Balaban J connectivity index is 2.27. The van der Waals surface area contributed by atoms with E-state index in [0.29, 0.717) is 12.8 Å². The number of para-hydroxylation sites is 1. The van der Waals surface area contributed by atoms with Crippen LogP contribution in [0.1, 0.15) is 24.8 Å². The predicted molar refractivity (Wildman–Crippen MR) is 61.9 cm³/mol. The molecule has 0 bridgehead atoms. The van der Waals surface area contributed by atoms with Crippen molar-refractivity contribution in [3.05, 3.63) is 29.8 Å². The molecule has 16 heavy (non-hydrogen) atoms. The number of alkyl halides is 1. The molecule has 1 saturated heterocycles. The largest absolute Gasteiger partial charge is 0.342 e. The second-order valence-corrected chi connectivity index (χ2v) is 4.09. The summed E-state index contributed by atoms with van der Waals surface area (Å²) in [7, 11) is 0. The first-order valence-corrected chi connectivity index (χ1v) is 5.68. The summed E-state index contributed by atoms with van der Waals surface area (Å²) in [5.74, 6) is 0. The summed E-state index contributed by atoms with van der Waals surface area (Å²) in [4.78, 5) is 1.79. The number of nitrogens with zero attached hydrogens (tertiary/aromatic N) is 2. The first kappa shape index (κ1) is 10.9. The molecule has 2 rings (SSSR count). The Morgan fingerprint density at radius 3 is 2.94 bits per heavy atom. The lowest BCUT2D eigenvalue weighted by Gasteiger charge is -2.33. The Labute approximate surface area is 95.3 Å². The average Bonchev–Trinajstić information content (AvgIpc) is 2.31. The van der Waals surface area contributed by atoms with Crippen molar-refractivity contribution in [2.75, 3.05) is 11.4 Å². The van der Waals surface area contributed by atoms with Crippen LogP contribution in [0.4, 0.5) is 10.1 Å². The molecule has 1 unspecified atom stereocenters. The fourth-order valence-corrected chi connectivity index (χ4v) is 2.19. The lowest BCUT2D eigenvalue weighted by atomic mass is 10.0. The lowest BCUT2D eigenvalue weighted by molar-refractivity contribution is 0.265. The van der Waals surface area contributed by atoms with Crippen LogP contribution >= 0.6 is 0 Å². The first-order valence-electron chi connectivity index (χ1n) is 5.68. The van der Waals surface area contributed by atoms with Gasteiger partial charge in [-0.05, 0) is 30.9 Å². The van der Waals surface area contributed by atoms with E-state index < -0.39 is 6.30 Å². The van der Waals surface area contributed by atoms with Crippen molar-refractivity contribution in [2.24, 2.45) is 0 Å². The molecule has 1 fully saturated rings. The maximum Gasteiger partial charge on any atom is 0.172 e. The van der Waals surface area contributed by atoms with Gasteiger partial charge in [-0.15, -0.1) is 0 Å². The minimum absolute atomic E-state index is 0.347. The molecule has 0 aliphatic carbocycles. The number of hydrogen-bond acceptors (Lipinski definition) is 2. The van der Waals surface area contributed by atoms with Crippen LogP contribution in [0.15, 0.2) is 24.3 Å². The van der Waals surface area contributed by atoms with Crippen molar-refractivity contribution in [3.8, 4) is 6.07 Å². The highest BCUT2D eigenvalue weighted by molar-refractivity contribution is 5.55. The van der Waals surface area contributed by atoms with Gasteiger partial charge in [-0.1, -0.05) is 18.2 Å². The molecule has 1 aliphatic rings. The molecule has 1 heterocycles. The minimum atomic E-state index is -0.895. The summed E-state index contributed by atoms with van der Waals surface area (Å²) in [6, 6.07) is 9.74. The van der Waals surface area contributed by atoms with E-state index >= 15 is 0 Å². The minimum Gasteiger partial charge on any atom is -0.342 e. The fraction of sp³-hybridized carbons (Fsp3) is 0.462. The van der Waals surface area contributed by atoms with E-state index in [0.717, 1.165) is 30.6 Å². The Hall–Kier alpha value is -1.56. The van der Waals surface area contributed by atoms with Gasteiger partial charge in [-0.2, -0.15) is 5.26 Å². The molecule has 0 aromatic heterocycles. The quantitative estimate of drug-likeness (QED) is 0.713. The Kier molecular flexibility index (Phi) is 3.40. The first-order chi connectivity index (χ1) is 7.83. The molecule has 1 atom stereocenters. The Bertz CT molecular complexity index is 397. The molecule has 1 aromatic rings. The van der Waals surface area contributed by atoms with Gasteiger partial charge in [0.1, 0.15) is 0 Å². The average molecular weight is 218 g/mol. The van der Waals surface area contributed by atoms with Crippen LogP contribution in [0.5, 0.6) is 0 Å². The van der Waals surface area contributed by atoms with Crippen molar-refractivity contribution in [1.29, 1.82) is 5.26 Å². The summed E-state index contributed by atoms with van der Waals surface area (Å²) in [6.45, 7) is 0.754. The molecule has 0 amide bonds. The van der Waals surface area contributed by atoms with E-state index in [1.165, 1.54) is 0 Å². The van der Waals surface area contributed by atoms with Crippen LogP contribution in [-0.2, 0) is 6.42 Å². The number of piperidine rings is 1. The molecule has 0 radical (unpaired) electrons. The van der Waals surface area contributed by atoms with Crippen LogP contribution < -0.4 is 4.90 Å². The van der Waals surface area contributed by atoms with Crippen molar-refractivity contribution in [3.63, 3.8) is 0 Å². The van der Waals surface area contributed by atoms with Gasteiger partial charge < -0.3 is 4.90 Å². The highest BCUT2D eigenvalue weighted by Gasteiger charge is 2.23. The second kappa shape index (κ2) is 4.98. The summed E-state index contributed by atoms with van der Waals surface area (Å²) in [6.07, 6.45) is 2.04. The molecule has 1 aromatic carbocycles. The van der Waals surface area contributed by atoms with Gasteiger partial charge in [0.2, 0.25) is 0 Å². The van der Waals surface area contributed by atoms with E-state index in [9.17, 15) is 4.39 Å². The predicted octanol–water partition coefficient (Wildman–Crippen LogP) is 3.04. The molecular formula is C13H15FN2. The lowest BCUT2D eigenvalue weighted by Crippen LogP contribution is -2.37. The Morgan fingerprint density at radius 1 is 1.38 bits per heavy atom. The standard InChI is InChI=1S/C13H15FN2/c14-13-7-3-4-10-16(13)12-6-2-1-5-11(12)8-9-15/h1-2,5-6,13H,3-4,7-8,10H2. The number of rotatable bonds is 2. The smallest absolute Gasteiger partial charge is 0.172 e. The zero-order chi connectivity index (χ0) is 11.4. The highest BCUT2D eigenvalue weighted by Crippen LogP contribution is 2.28. The molecule has 2 nitrogen and oxygen atoms in total. The molecule has 0 spiro atoms. The summed E-state index contributed by atoms with van der Waals surface area (Å²) < 4.78 is 13.8. The normalized spacial score (nSPS) is 20.5. The molecule has 1 aliphatic heterocycles. The van der Waals surface area contributed by atoms with E-state index in [1.807, 2.05) is 24.3 Å². The third-order valence-electron chi connectivity index (χ3n) is 3.00. The van der Waals surface area contributed by atoms with Crippen LogP contribution in [0.25, 0.3) is 0 Å². The number of nitriles is 1.